The molecule has 15 heavy (non-hydrogen) atoms. The van der Waals surface area contributed by atoms with Gasteiger partial charge in [-0.2, -0.15) is 0 Å². The standard InChI is InChI=1S/C15H24/c1-9-4-12-8-11(3)13-5-10(2)6-14(12)15(13)7-9/h7,9-14H,4-6,8H2,1-3H3. The highest BCUT2D eigenvalue weighted by Crippen LogP contribution is 2.55. The molecule has 6 unspecified atom stereocenters. The lowest BCUT2D eigenvalue weighted by Crippen LogP contribution is -2.41. The lowest BCUT2D eigenvalue weighted by Gasteiger charge is -2.51. The Balaban J connectivity index is 1.98. The first-order chi connectivity index (χ1) is 7.15. The largest absolute Gasteiger partial charge is 0.0819 e. The SMILES string of the molecule is CC1C=C2C3CC(C)CC2C(C1)CC3C. The second-order valence-electron chi connectivity index (χ2n) is 6.64. The van der Waals surface area contributed by atoms with Crippen LogP contribution < -0.4 is 0 Å². The molecule has 0 aromatic rings. The molecule has 0 nitrogen and oxygen atoms in total. The average Bonchev–Trinajstić information content (AvgIpc) is 2.15. The summed E-state index contributed by atoms with van der Waals surface area (Å²) in [4.78, 5) is 0. The predicted molar refractivity (Wildman–Crippen MR) is 64.5 cm³/mol. The van der Waals surface area contributed by atoms with Crippen molar-refractivity contribution in [2.24, 2.45) is 35.5 Å². The number of hydrogen-bond acceptors (Lipinski definition) is 0. The van der Waals surface area contributed by atoms with Crippen LogP contribution in [0.4, 0.5) is 0 Å². The minimum absolute atomic E-state index is 0.865. The summed E-state index contributed by atoms with van der Waals surface area (Å²) in [7, 11) is 0. The van der Waals surface area contributed by atoms with Gasteiger partial charge in [-0.3, -0.25) is 0 Å². The number of allylic oxidation sites excluding steroid dienone is 2. The molecular weight excluding hydrogens is 180 g/mol. The van der Waals surface area contributed by atoms with Crippen LogP contribution in [0, 0.1) is 35.5 Å². The monoisotopic (exact) mass is 204 g/mol. The second-order valence-corrected chi connectivity index (χ2v) is 6.64. The molecule has 0 saturated heterocycles. The molecule has 0 aromatic carbocycles. The van der Waals surface area contributed by atoms with Gasteiger partial charge in [-0.05, 0) is 61.2 Å². The molecule has 2 fully saturated rings. The Kier molecular flexibility index (Phi) is 2.23. The highest BCUT2D eigenvalue weighted by Gasteiger charge is 2.45. The van der Waals surface area contributed by atoms with E-state index < -0.39 is 0 Å². The van der Waals surface area contributed by atoms with Gasteiger partial charge < -0.3 is 0 Å². The summed E-state index contributed by atoms with van der Waals surface area (Å²) in [6.07, 6.45) is 8.60. The Morgan fingerprint density at radius 1 is 0.933 bits per heavy atom. The van der Waals surface area contributed by atoms with E-state index in [2.05, 4.69) is 26.8 Å². The van der Waals surface area contributed by atoms with Crippen molar-refractivity contribution >= 4 is 0 Å². The van der Waals surface area contributed by atoms with E-state index in [1.807, 2.05) is 5.57 Å². The second kappa shape index (κ2) is 3.37. The molecule has 4 bridgehead atoms. The Morgan fingerprint density at radius 2 is 1.67 bits per heavy atom. The molecule has 0 heteroatoms. The zero-order valence-electron chi connectivity index (χ0n) is 10.4. The van der Waals surface area contributed by atoms with Crippen LogP contribution in [0.3, 0.4) is 0 Å². The van der Waals surface area contributed by atoms with E-state index in [4.69, 9.17) is 0 Å². The maximum atomic E-state index is 2.65. The van der Waals surface area contributed by atoms with Crippen LogP contribution in [0.15, 0.2) is 11.6 Å². The highest BCUT2D eigenvalue weighted by molar-refractivity contribution is 5.23. The first-order valence-electron chi connectivity index (χ1n) is 6.86. The van der Waals surface area contributed by atoms with Gasteiger partial charge in [0, 0.05) is 0 Å². The van der Waals surface area contributed by atoms with Gasteiger partial charge in [0.25, 0.3) is 0 Å². The van der Waals surface area contributed by atoms with E-state index in [0.717, 1.165) is 35.5 Å². The maximum absolute atomic E-state index is 2.65. The van der Waals surface area contributed by atoms with Gasteiger partial charge in [0.1, 0.15) is 0 Å². The summed E-state index contributed by atoms with van der Waals surface area (Å²) >= 11 is 0. The molecule has 0 radical (unpaired) electrons. The van der Waals surface area contributed by atoms with Crippen molar-refractivity contribution in [2.75, 3.05) is 0 Å². The fourth-order valence-electron chi connectivity index (χ4n) is 4.72. The van der Waals surface area contributed by atoms with Crippen LogP contribution in [-0.2, 0) is 0 Å². The molecule has 0 heterocycles. The van der Waals surface area contributed by atoms with Crippen LogP contribution in [0.25, 0.3) is 0 Å². The molecule has 0 spiro atoms. The van der Waals surface area contributed by atoms with Crippen molar-refractivity contribution in [3.8, 4) is 0 Å². The Bertz CT molecular complexity index is 288. The minimum atomic E-state index is 0.865. The van der Waals surface area contributed by atoms with Crippen molar-refractivity contribution < 1.29 is 0 Å². The third-order valence-corrected chi connectivity index (χ3v) is 5.25. The lowest BCUT2D eigenvalue weighted by atomic mass is 9.54. The van der Waals surface area contributed by atoms with E-state index >= 15 is 0 Å². The quantitative estimate of drug-likeness (QED) is 0.517. The van der Waals surface area contributed by atoms with Crippen molar-refractivity contribution in [3.05, 3.63) is 11.6 Å². The van der Waals surface area contributed by atoms with Gasteiger partial charge >= 0.3 is 0 Å². The van der Waals surface area contributed by atoms with Crippen LogP contribution >= 0.6 is 0 Å². The number of hydrogen-bond donors (Lipinski definition) is 0. The van der Waals surface area contributed by atoms with Gasteiger partial charge in [-0.15, -0.1) is 0 Å². The first-order valence-corrected chi connectivity index (χ1v) is 6.86. The van der Waals surface area contributed by atoms with Crippen molar-refractivity contribution in [3.63, 3.8) is 0 Å². The van der Waals surface area contributed by atoms with E-state index in [1.165, 1.54) is 25.7 Å². The molecule has 2 saturated carbocycles. The van der Waals surface area contributed by atoms with Crippen molar-refractivity contribution in [2.45, 2.75) is 46.5 Å². The minimum Gasteiger partial charge on any atom is -0.0819 e. The average molecular weight is 204 g/mol. The lowest BCUT2D eigenvalue weighted by molar-refractivity contribution is 0.0858. The fraction of sp³-hybridized carbons (Fsp3) is 0.867. The van der Waals surface area contributed by atoms with Gasteiger partial charge in [0.15, 0.2) is 0 Å². The summed E-state index contributed by atoms with van der Waals surface area (Å²) in [5.74, 6) is 5.80. The third kappa shape index (κ3) is 1.48. The predicted octanol–water partition coefficient (Wildman–Crippen LogP) is 4.27. The van der Waals surface area contributed by atoms with Crippen LogP contribution in [0.1, 0.15) is 46.5 Å². The molecule has 3 rings (SSSR count). The van der Waals surface area contributed by atoms with E-state index in [-0.39, 0.29) is 0 Å². The van der Waals surface area contributed by atoms with E-state index in [0.29, 0.717) is 0 Å². The fourth-order valence-corrected chi connectivity index (χ4v) is 4.72. The van der Waals surface area contributed by atoms with Gasteiger partial charge in [0.05, 0.1) is 0 Å². The van der Waals surface area contributed by atoms with Crippen molar-refractivity contribution in [1.82, 2.24) is 0 Å². The Morgan fingerprint density at radius 3 is 2.47 bits per heavy atom. The Labute approximate surface area is 94.1 Å². The van der Waals surface area contributed by atoms with Crippen LogP contribution in [-0.4, -0.2) is 0 Å². The van der Waals surface area contributed by atoms with Crippen LogP contribution in [0.2, 0.25) is 0 Å². The maximum Gasteiger partial charge on any atom is -0.0169 e. The van der Waals surface area contributed by atoms with Gasteiger partial charge in [-0.25, -0.2) is 0 Å². The zero-order chi connectivity index (χ0) is 10.6. The van der Waals surface area contributed by atoms with Gasteiger partial charge in [0.2, 0.25) is 0 Å². The van der Waals surface area contributed by atoms with Gasteiger partial charge in [-0.1, -0.05) is 32.4 Å². The normalized spacial score (nSPS) is 53.7. The summed E-state index contributed by atoms with van der Waals surface area (Å²) in [6.45, 7) is 7.38. The van der Waals surface area contributed by atoms with Crippen molar-refractivity contribution in [1.29, 1.82) is 0 Å². The molecule has 0 aromatic heterocycles. The van der Waals surface area contributed by atoms with Crippen LogP contribution in [0.5, 0.6) is 0 Å². The molecule has 0 amide bonds. The first kappa shape index (κ1) is 9.93. The molecule has 0 aliphatic heterocycles. The molecule has 3 aliphatic rings. The summed E-state index contributed by atoms with van der Waals surface area (Å²) < 4.78 is 0. The molecule has 3 aliphatic carbocycles. The third-order valence-electron chi connectivity index (χ3n) is 5.25. The highest BCUT2D eigenvalue weighted by atomic mass is 14.5. The topological polar surface area (TPSA) is 0 Å². The molecule has 6 atom stereocenters. The molecule has 84 valence electrons. The summed E-state index contributed by atoms with van der Waals surface area (Å²) in [5.41, 5.74) is 1.88. The smallest absolute Gasteiger partial charge is 0.0169 e. The van der Waals surface area contributed by atoms with E-state index in [9.17, 15) is 0 Å². The number of rotatable bonds is 0. The van der Waals surface area contributed by atoms with E-state index in [1.54, 1.807) is 0 Å². The Hall–Kier alpha value is -0.260. The summed E-state index contributed by atoms with van der Waals surface area (Å²) in [6, 6.07) is 0. The summed E-state index contributed by atoms with van der Waals surface area (Å²) in [5, 5.41) is 0. The zero-order valence-corrected chi connectivity index (χ0v) is 10.4. The molecule has 0 N–H and O–H groups in total. The molecular formula is C15H24.